The number of halogens is 1. The summed E-state index contributed by atoms with van der Waals surface area (Å²) in [7, 11) is -3.60. The van der Waals surface area contributed by atoms with E-state index in [1.165, 1.54) is 6.07 Å². The topological polar surface area (TPSA) is 92.4 Å². The SMILES string of the molecule is Nc1cc(Br)ccc1S(=O)(=O)NCC1CCCC(O)C1. The van der Waals surface area contributed by atoms with Crippen LogP contribution in [0.5, 0.6) is 0 Å². The number of anilines is 1. The van der Waals surface area contributed by atoms with Crippen LogP contribution < -0.4 is 10.5 Å². The van der Waals surface area contributed by atoms with Crippen molar-refractivity contribution in [1.29, 1.82) is 0 Å². The molecule has 0 spiro atoms. The third-order valence-corrected chi connectivity index (χ3v) is 5.57. The van der Waals surface area contributed by atoms with Gasteiger partial charge in [-0.1, -0.05) is 22.4 Å². The zero-order chi connectivity index (χ0) is 14.8. The van der Waals surface area contributed by atoms with Gasteiger partial charge in [0.2, 0.25) is 10.0 Å². The highest BCUT2D eigenvalue weighted by Gasteiger charge is 2.23. The molecule has 7 heteroatoms. The number of nitrogen functional groups attached to an aromatic ring is 1. The smallest absolute Gasteiger partial charge is 0.242 e. The Morgan fingerprint density at radius 3 is 2.80 bits per heavy atom. The van der Waals surface area contributed by atoms with Crippen LogP contribution in [-0.2, 0) is 10.0 Å². The Morgan fingerprint density at radius 1 is 1.40 bits per heavy atom. The molecule has 1 aromatic rings. The van der Waals surface area contributed by atoms with Crippen LogP contribution in [0, 0.1) is 5.92 Å². The second kappa shape index (κ2) is 6.43. The van der Waals surface area contributed by atoms with E-state index in [0.717, 1.165) is 23.7 Å². The van der Waals surface area contributed by atoms with E-state index >= 15 is 0 Å². The first kappa shape index (κ1) is 15.8. The minimum Gasteiger partial charge on any atom is -0.398 e. The Labute approximate surface area is 127 Å². The average Bonchev–Trinajstić information content (AvgIpc) is 2.36. The van der Waals surface area contributed by atoms with Gasteiger partial charge in [-0.15, -0.1) is 0 Å². The van der Waals surface area contributed by atoms with Gasteiger partial charge in [-0.05, 0) is 43.4 Å². The van der Waals surface area contributed by atoms with Gasteiger partial charge in [0.25, 0.3) is 0 Å². The molecule has 0 amide bonds. The Hall–Kier alpha value is -0.630. The van der Waals surface area contributed by atoms with E-state index in [2.05, 4.69) is 20.7 Å². The highest BCUT2D eigenvalue weighted by atomic mass is 79.9. The van der Waals surface area contributed by atoms with Crippen molar-refractivity contribution in [1.82, 2.24) is 4.72 Å². The van der Waals surface area contributed by atoms with Crippen LogP contribution in [0.3, 0.4) is 0 Å². The van der Waals surface area contributed by atoms with Gasteiger partial charge in [0.15, 0.2) is 0 Å². The number of hydrogen-bond acceptors (Lipinski definition) is 4. The molecule has 112 valence electrons. The van der Waals surface area contributed by atoms with E-state index in [1.54, 1.807) is 12.1 Å². The first-order chi connectivity index (χ1) is 9.38. The molecule has 1 aromatic carbocycles. The molecule has 1 aliphatic carbocycles. The number of aliphatic hydroxyl groups is 1. The zero-order valence-electron chi connectivity index (χ0n) is 11.0. The summed E-state index contributed by atoms with van der Waals surface area (Å²) in [5, 5.41) is 9.60. The Morgan fingerprint density at radius 2 is 2.15 bits per heavy atom. The predicted octanol–water partition coefficient (Wildman–Crippen LogP) is 1.86. The van der Waals surface area contributed by atoms with Gasteiger partial charge in [-0.25, -0.2) is 13.1 Å². The maximum Gasteiger partial charge on any atom is 0.242 e. The zero-order valence-corrected chi connectivity index (χ0v) is 13.5. The summed E-state index contributed by atoms with van der Waals surface area (Å²) < 4.78 is 27.8. The van der Waals surface area contributed by atoms with Crippen LogP contribution in [0.2, 0.25) is 0 Å². The van der Waals surface area contributed by atoms with E-state index in [-0.39, 0.29) is 22.6 Å². The number of nitrogens with one attached hydrogen (secondary N) is 1. The van der Waals surface area contributed by atoms with Crippen molar-refractivity contribution in [2.45, 2.75) is 36.7 Å². The van der Waals surface area contributed by atoms with Gasteiger partial charge in [0.1, 0.15) is 4.90 Å². The van der Waals surface area contributed by atoms with Gasteiger partial charge in [0, 0.05) is 11.0 Å². The molecule has 0 radical (unpaired) electrons. The van der Waals surface area contributed by atoms with E-state index < -0.39 is 10.0 Å². The van der Waals surface area contributed by atoms with Crippen LogP contribution in [0.25, 0.3) is 0 Å². The number of hydrogen-bond donors (Lipinski definition) is 3. The second-order valence-electron chi connectivity index (χ2n) is 5.22. The fourth-order valence-corrected chi connectivity index (χ4v) is 4.12. The lowest BCUT2D eigenvalue weighted by Crippen LogP contribution is -2.33. The van der Waals surface area contributed by atoms with Crippen LogP contribution in [0.4, 0.5) is 5.69 Å². The standard InChI is InChI=1S/C13H19BrN2O3S/c14-10-4-5-13(12(15)7-10)20(18,19)16-8-9-2-1-3-11(17)6-9/h4-5,7,9,11,16-17H,1-3,6,8,15H2. The third-order valence-electron chi connectivity index (χ3n) is 3.58. The Bertz CT molecular complexity index is 577. The van der Waals surface area contributed by atoms with Gasteiger partial charge in [-0.2, -0.15) is 0 Å². The number of sulfonamides is 1. The second-order valence-corrected chi connectivity index (χ2v) is 7.87. The van der Waals surface area contributed by atoms with E-state index in [0.29, 0.717) is 13.0 Å². The largest absolute Gasteiger partial charge is 0.398 e. The monoisotopic (exact) mass is 362 g/mol. The minimum atomic E-state index is -3.60. The van der Waals surface area contributed by atoms with E-state index in [9.17, 15) is 13.5 Å². The van der Waals surface area contributed by atoms with Crippen molar-refractivity contribution in [2.24, 2.45) is 5.92 Å². The molecule has 0 saturated heterocycles. The lowest BCUT2D eigenvalue weighted by atomic mass is 9.87. The molecular weight excluding hydrogens is 344 g/mol. The third kappa shape index (κ3) is 3.94. The highest BCUT2D eigenvalue weighted by molar-refractivity contribution is 9.10. The fourth-order valence-electron chi connectivity index (χ4n) is 2.52. The number of aliphatic hydroxyl groups excluding tert-OH is 1. The van der Waals surface area contributed by atoms with Crippen molar-refractivity contribution < 1.29 is 13.5 Å². The highest BCUT2D eigenvalue weighted by Crippen LogP contribution is 2.25. The van der Waals surface area contributed by atoms with E-state index in [1.807, 2.05) is 0 Å². The lowest BCUT2D eigenvalue weighted by molar-refractivity contribution is 0.102. The molecule has 0 aliphatic heterocycles. The predicted molar refractivity (Wildman–Crippen MR) is 81.7 cm³/mol. The summed E-state index contributed by atoms with van der Waals surface area (Å²) >= 11 is 3.25. The number of nitrogens with two attached hydrogens (primary N) is 1. The molecule has 2 rings (SSSR count). The van der Waals surface area contributed by atoms with Crippen molar-refractivity contribution in [3.8, 4) is 0 Å². The summed E-state index contributed by atoms with van der Waals surface area (Å²) in [5.41, 5.74) is 5.97. The van der Waals surface area contributed by atoms with E-state index in [4.69, 9.17) is 5.73 Å². The van der Waals surface area contributed by atoms with Crippen molar-refractivity contribution in [3.05, 3.63) is 22.7 Å². The fraction of sp³-hybridized carbons (Fsp3) is 0.538. The molecule has 0 aromatic heterocycles. The molecule has 4 N–H and O–H groups in total. The molecule has 5 nitrogen and oxygen atoms in total. The van der Waals surface area contributed by atoms with Crippen molar-refractivity contribution >= 4 is 31.6 Å². The molecule has 2 atom stereocenters. The molecular formula is C13H19BrN2O3S. The molecule has 0 heterocycles. The summed E-state index contributed by atoms with van der Waals surface area (Å²) in [6.45, 7) is 0.342. The summed E-state index contributed by atoms with van der Waals surface area (Å²) in [4.78, 5) is 0.0945. The molecule has 1 fully saturated rings. The molecule has 1 saturated carbocycles. The van der Waals surface area contributed by atoms with Gasteiger partial charge in [-0.3, -0.25) is 0 Å². The number of rotatable bonds is 4. The summed E-state index contributed by atoms with van der Waals surface area (Å²) in [6.07, 6.45) is 3.03. The molecule has 2 unspecified atom stereocenters. The van der Waals surface area contributed by atoms with Crippen LogP contribution in [0.1, 0.15) is 25.7 Å². The maximum absolute atomic E-state index is 12.2. The quantitative estimate of drug-likeness (QED) is 0.712. The molecule has 1 aliphatic rings. The van der Waals surface area contributed by atoms with Crippen LogP contribution in [-0.4, -0.2) is 26.2 Å². The average molecular weight is 363 g/mol. The first-order valence-electron chi connectivity index (χ1n) is 6.61. The Kier molecular flexibility index (Phi) is 5.06. The summed E-state index contributed by atoms with van der Waals surface area (Å²) in [6, 6.07) is 4.70. The van der Waals surface area contributed by atoms with Gasteiger partial charge < -0.3 is 10.8 Å². The summed E-state index contributed by atoms with van der Waals surface area (Å²) in [5.74, 6) is 0.185. The maximum atomic E-state index is 12.2. The number of benzene rings is 1. The van der Waals surface area contributed by atoms with Crippen molar-refractivity contribution in [2.75, 3.05) is 12.3 Å². The van der Waals surface area contributed by atoms with Crippen LogP contribution in [0.15, 0.2) is 27.6 Å². The van der Waals surface area contributed by atoms with Crippen molar-refractivity contribution in [3.63, 3.8) is 0 Å². The lowest BCUT2D eigenvalue weighted by Gasteiger charge is -2.25. The molecule has 0 bridgehead atoms. The van der Waals surface area contributed by atoms with Gasteiger partial charge in [0.05, 0.1) is 11.8 Å². The van der Waals surface area contributed by atoms with Crippen LogP contribution >= 0.6 is 15.9 Å². The minimum absolute atomic E-state index is 0.0945. The first-order valence-corrected chi connectivity index (χ1v) is 8.89. The molecule has 20 heavy (non-hydrogen) atoms. The van der Waals surface area contributed by atoms with Gasteiger partial charge >= 0.3 is 0 Å². The normalized spacial score (nSPS) is 23.7. The Balaban J connectivity index is 2.03.